The Hall–Kier alpha value is -0.410. The van der Waals surface area contributed by atoms with Gasteiger partial charge in [0.15, 0.2) is 0 Å². The minimum Gasteiger partial charge on any atom is -0.308 e. The number of ketones is 1. The zero-order valence-corrected chi connectivity index (χ0v) is 30.0. The molecule has 42 heavy (non-hydrogen) atoms. The summed E-state index contributed by atoms with van der Waals surface area (Å²) in [5.41, 5.74) is 0. The zero-order valence-electron chi connectivity index (χ0n) is 30.0. The Morgan fingerprint density at radius 3 is 1.29 bits per heavy atom. The van der Waals surface area contributed by atoms with Crippen molar-refractivity contribution in [2.75, 3.05) is 40.3 Å². The topological polar surface area (TPSA) is 23.6 Å². The van der Waals surface area contributed by atoms with E-state index in [9.17, 15) is 4.79 Å². The van der Waals surface area contributed by atoms with Crippen LogP contribution in [0.25, 0.3) is 0 Å². The lowest BCUT2D eigenvalue weighted by Gasteiger charge is -2.24. The van der Waals surface area contributed by atoms with E-state index >= 15 is 0 Å². The predicted octanol–water partition coefficient (Wildman–Crippen LogP) is 12.0. The molecule has 0 heterocycles. The van der Waals surface area contributed by atoms with Gasteiger partial charge in [0, 0.05) is 25.9 Å². The third kappa shape index (κ3) is 31.0. The van der Waals surface area contributed by atoms with Crippen molar-refractivity contribution in [3.05, 3.63) is 0 Å². The number of Topliss-reactive ketones (excluding diaryl/α,β-unsaturated/α-hetero) is 1. The summed E-state index contributed by atoms with van der Waals surface area (Å²) in [4.78, 5) is 17.7. The second kappa shape index (κ2) is 33.5. The minimum atomic E-state index is 0.528. The van der Waals surface area contributed by atoms with Crippen LogP contribution in [0, 0.1) is 5.92 Å². The van der Waals surface area contributed by atoms with Crippen LogP contribution in [0.2, 0.25) is 0 Å². The number of likely N-dealkylation sites (N-methyl/N-ethyl adjacent to an activating group) is 1. The Kier molecular flexibility index (Phi) is 33.2. The summed E-state index contributed by atoms with van der Waals surface area (Å²) in [5.74, 6) is 1.39. The second-order valence-corrected chi connectivity index (χ2v) is 14.0. The molecule has 3 heteroatoms. The molecule has 0 saturated heterocycles. The van der Waals surface area contributed by atoms with E-state index in [2.05, 4.69) is 44.7 Å². The van der Waals surface area contributed by atoms with Crippen molar-refractivity contribution in [1.29, 1.82) is 0 Å². The van der Waals surface area contributed by atoms with Gasteiger partial charge in [-0.25, -0.2) is 0 Å². The molecule has 252 valence electrons. The first-order valence-corrected chi connectivity index (χ1v) is 19.4. The molecule has 0 atom stereocenters. The molecule has 0 aromatic carbocycles. The van der Waals surface area contributed by atoms with Crippen LogP contribution >= 0.6 is 0 Å². The summed E-state index contributed by atoms with van der Waals surface area (Å²) in [7, 11) is 4.37. The number of carbonyl (C=O) groups is 1. The lowest BCUT2D eigenvalue weighted by atomic mass is 9.89. The van der Waals surface area contributed by atoms with E-state index < -0.39 is 0 Å². The van der Waals surface area contributed by atoms with Crippen LogP contribution in [0.1, 0.15) is 201 Å². The van der Waals surface area contributed by atoms with Crippen molar-refractivity contribution in [2.45, 2.75) is 201 Å². The smallest absolute Gasteiger partial charge is 0.132 e. The Bertz CT molecular complexity index is 518. The quantitative estimate of drug-likeness (QED) is 0.0684. The minimum absolute atomic E-state index is 0.528. The van der Waals surface area contributed by atoms with E-state index in [0.29, 0.717) is 5.78 Å². The van der Waals surface area contributed by atoms with Crippen molar-refractivity contribution in [3.8, 4) is 0 Å². The molecule has 0 radical (unpaired) electrons. The van der Waals surface area contributed by atoms with E-state index in [0.717, 1.165) is 38.1 Å². The maximum atomic E-state index is 12.7. The molecule has 0 unspecified atom stereocenters. The molecule has 0 saturated carbocycles. The highest BCUT2D eigenvalue weighted by Crippen LogP contribution is 2.24. The van der Waals surface area contributed by atoms with Gasteiger partial charge in [0.25, 0.3) is 0 Å². The monoisotopic (exact) mass is 593 g/mol. The van der Waals surface area contributed by atoms with Crippen LogP contribution in [-0.2, 0) is 4.79 Å². The molecule has 0 amide bonds. The SMILES string of the molecule is CCCCCCCCCN(CCCCCC(=O)CCCC(CCCCCCCC)CCCCCCCC)CCN(C)C. The molecule has 0 N–H and O–H groups in total. The summed E-state index contributed by atoms with van der Waals surface area (Å²) in [6, 6.07) is 0. The van der Waals surface area contributed by atoms with Gasteiger partial charge < -0.3 is 9.80 Å². The number of nitrogens with zero attached hydrogens (tertiary/aromatic N) is 2. The van der Waals surface area contributed by atoms with Crippen LogP contribution in [0.3, 0.4) is 0 Å². The van der Waals surface area contributed by atoms with E-state index in [1.54, 1.807) is 0 Å². The molecule has 0 aliphatic rings. The van der Waals surface area contributed by atoms with Gasteiger partial charge >= 0.3 is 0 Å². The molecule has 3 nitrogen and oxygen atoms in total. The highest BCUT2D eigenvalue weighted by Gasteiger charge is 2.11. The van der Waals surface area contributed by atoms with Crippen LogP contribution in [-0.4, -0.2) is 55.9 Å². The molecule has 0 aliphatic heterocycles. The first kappa shape index (κ1) is 41.6. The van der Waals surface area contributed by atoms with Gasteiger partial charge in [-0.2, -0.15) is 0 Å². The largest absolute Gasteiger partial charge is 0.308 e. The van der Waals surface area contributed by atoms with Crippen LogP contribution < -0.4 is 0 Å². The van der Waals surface area contributed by atoms with Gasteiger partial charge in [-0.1, -0.05) is 162 Å². The maximum Gasteiger partial charge on any atom is 0.132 e. The molecule has 0 bridgehead atoms. The van der Waals surface area contributed by atoms with Crippen molar-refractivity contribution >= 4 is 5.78 Å². The summed E-state index contributed by atoms with van der Waals surface area (Å²) in [6.07, 6.45) is 36.9. The molecule has 0 aliphatic carbocycles. The molecular formula is C39H80N2O. The molecule has 0 fully saturated rings. The van der Waals surface area contributed by atoms with E-state index in [1.807, 2.05) is 0 Å². The normalized spacial score (nSPS) is 11.9. The van der Waals surface area contributed by atoms with Crippen molar-refractivity contribution in [2.24, 2.45) is 5.92 Å². The number of carbonyl (C=O) groups excluding carboxylic acids is 1. The van der Waals surface area contributed by atoms with E-state index in [1.165, 1.54) is 174 Å². The fourth-order valence-corrected chi connectivity index (χ4v) is 6.38. The number of hydrogen-bond donors (Lipinski definition) is 0. The predicted molar refractivity (Wildman–Crippen MR) is 190 cm³/mol. The van der Waals surface area contributed by atoms with E-state index in [4.69, 9.17) is 0 Å². The van der Waals surface area contributed by atoms with Crippen molar-refractivity contribution in [1.82, 2.24) is 9.80 Å². The van der Waals surface area contributed by atoms with Crippen LogP contribution in [0.5, 0.6) is 0 Å². The highest BCUT2D eigenvalue weighted by atomic mass is 16.1. The molecular weight excluding hydrogens is 512 g/mol. The van der Waals surface area contributed by atoms with Gasteiger partial charge in [0.05, 0.1) is 0 Å². The highest BCUT2D eigenvalue weighted by molar-refractivity contribution is 5.78. The lowest BCUT2D eigenvalue weighted by Crippen LogP contribution is -2.33. The lowest BCUT2D eigenvalue weighted by molar-refractivity contribution is -0.119. The number of unbranched alkanes of at least 4 members (excludes halogenated alkanes) is 18. The van der Waals surface area contributed by atoms with Gasteiger partial charge in [0.1, 0.15) is 5.78 Å². The Balaban J connectivity index is 4.16. The number of hydrogen-bond acceptors (Lipinski definition) is 3. The Labute approximate surface area is 266 Å². The van der Waals surface area contributed by atoms with E-state index in [-0.39, 0.29) is 0 Å². The Morgan fingerprint density at radius 2 is 0.810 bits per heavy atom. The van der Waals surface area contributed by atoms with Crippen LogP contribution in [0.15, 0.2) is 0 Å². The third-order valence-corrected chi connectivity index (χ3v) is 9.37. The molecule has 0 aromatic heterocycles. The first-order chi connectivity index (χ1) is 20.5. The fraction of sp³-hybridized carbons (Fsp3) is 0.974. The molecule has 0 rings (SSSR count). The standard InChI is InChI=1S/C39H80N2O/c1-6-9-12-15-18-21-26-34-41(37-36-40(4)5)35-27-22-25-32-39(42)33-28-31-38(29-23-19-16-13-10-7-2)30-24-20-17-14-11-8-3/h38H,6-37H2,1-5H3. The average Bonchev–Trinajstić information content (AvgIpc) is 2.97. The summed E-state index contributed by atoms with van der Waals surface area (Å²) in [5, 5.41) is 0. The molecule has 0 spiro atoms. The second-order valence-electron chi connectivity index (χ2n) is 14.0. The van der Waals surface area contributed by atoms with Gasteiger partial charge in [-0.15, -0.1) is 0 Å². The average molecular weight is 593 g/mol. The first-order valence-electron chi connectivity index (χ1n) is 19.4. The number of rotatable bonds is 35. The maximum absolute atomic E-state index is 12.7. The van der Waals surface area contributed by atoms with Gasteiger partial charge in [0.2, 0.25) is 0 Å². The zero-order chi connectivity index (χ0) is 30.9. The van der Waals surface area contributed by atoms with Crippen molar-refractivity contribution < 1.29 is 4.79 Å². The third-order valence-electron chi connectivity index (χ3n) is 9.37. The molecule has 0 aromatic rings. The summed E-state index contributed by atoms with van der Waals surface area (Å²) in [6.45, 7) is 11.7. The van der Waals surface area contributed by atoms with Crippen LogP contribution in [0.4, 0.5) is 0 Å². The Morgan fingerprint density at radius 1 is 0.429 bits per heavy atom. The fourth-order valence-electron chi connectivity index (χ4n) is 6.38. The van der Waals surface area contributed by atoms with Gasteiger partial charge in [-0.3, -0.25) is 4.79 Å². The van der Waals surface area contributed by atoms with Crippen molar-refractivity contribution in [3.63, 3.8) is 0 Å². The summed E-state index contributed by atoms with van der Waals surface area (Å²) >= 11 is 0. The summed E-state index contributed by atoms with van der Waals surface area (Å²) < 4.78 is 0. The van der Waals surface area contributed by atoms with Gasteiger partial charge in [-0.05, 0) is 58.8 Å².